The van der Waals surface area contributed by atoms with E-state index >= 15 is 0 Å². The normalized spacial score (nSPS) is 10.6. The molecule has 4 rings (SSSR count). The number of hydrogen-bond acceptors (Lipinski definition) is 7. The summed E-state index contributed by atoms with van der Waals surface area (Å²) in [4.78, 5) is 20.1. The van der Waals surface area contributed by atoms with Crippen molar-refractivity contribution in [3.8, 4) is 38.3 Å². The molecule has 0 radical (unpaired) electrons. The Hall–Kier alpha value is -3.29. The molecule has 0 aliphatic rings. The molecule has 4 aromatic rings. The van der Waals surface area contributed by atoms with Crippen LogP contribution in [0.25, 0.3) is 32.3 Å². The van der Waals surface area contributed by atoms with E-state index in [9.17, 15) is 10.1 Å². The number of aromatic nitrogens is 4. The molecular weight excluding hydrogens is 457 g/mol. The summed E-state index contributed by atoms with van der Waals surface area (Å²) in [5, 5.41) is 21.5. The summed E-state index contributed by atoms with van der Waals surface area (Å²) in [7, 11) is 0. The molecule has 0 atom stereocenters. The standard InChI is InChI=1S/C20H13Cl2N7OS/c21-11-1-2-12(14(22)6-11)17-13(7-23)18(31-19(17)20-26-9-27-29-20)10-3-4-25-15(5-10)28-16(30)8-24/h1-6,9H,8,24H2,(H,25,28,30)(H,26,27,29). The van der Waals surface area contributed by atoms with Gasteiger partial charge in [-0.15, -0.1) is 21.5 Å². The number of pyridine rings is 1. The van der Waals surface area contributed by atoms with E-state index in [1.165, 1.54) is 17.7 Å². The highest BCUT2D eigenvalue weighted by atomic mass is 35.5. The molecule has 8 nitrogen and oxygen atoms in total. The van der Waals surface area contributed by atoms with Gasteiger partial charge in [0.25, 0.3) is 0 Å². The highest BCUT2D eigenvalue weighted by Gasteiger charge is 2.25. The van der Waals surface area contributed by atoms with Crippen LogP contribution in [0.1, 0.15) is 5.56 Å². The SMILES string of the molecule is N#Cc1c(-c2ccnc(NC(=O)CN)c2)sc(-c2nnc[nH]2)c1-c1ccc(Cl)cc1Cl. The van der Waals surface area contributed by atoms with Gasteiger partial charge in [-0.1, -0.05) is 29.3 Å². The van der Waals surface area contributed by atoms with E-state index in [1.54, 1.807) is 36.5 Å². The Morgan fingerprint density at radius 2 is 2.10 bits per heavy atom. The van der Waals surface area contributed by atoms with Gasteiger partial charge in [-0.05, 0) is 29.8 Å². The number of halogens is 2. The molecule has 1 amide bonds. The summed E-state index contributed by atoms with van der Waals surface area (Å²) >= 11 is 13.9. The monoisotopic (exact) mass is 469 g/mol. The van der Waals surface area contributed by atoms with Crippen LogP contribution in [0, 0.1) is 11.3 Å². The lowest BCUT2D eigenvalue weighted by molar-refractivity contribution is -0.114. The Morgan fingerprint density at radius 1 is 1.26 bits per heavy atom. The van der Waals surface area contributed by atoms with E-state index in [-0.39, 0.29) is 12.5 Å². The predicted molar refractivity (Wildman–Crippen MR) is 121 cm³/mol. The fourth-order valence-corrected chi connectivity index (χ4v) is 4.72. The Kier molecular flexibility index (Phi) is 5.97. The number of H-pyrrole nitrogens is 1. The first-order valence-corrected chi connectivity index (χ1v) is 10.4. The van der Waals surface area contributed by atoms with Crippen LogP contribution in [0.3, 0.4) is 0 Å². The number of carbonyl (C=O) groups is 1. The molecule has 154 valence electrons. The molecule has 0 spiro atoms. The molecular formula is C20H13Cl2N7OS. The number of aromatic amines is 1. The van der Waals surface area contributed by atoms with Gasteiger partial charge in [0, 0.05) is 27.4 Å². The Morgan fingerprint density at radius 3 is 2.77 bits per heavy atom. The predicted octanol–water partition coefficient (Wildman–Crippen LogP) is 4.34. The number of nitrogens with two attached hydrogens (primary N) is 1. The van der Waals surface area contributed by atoms with Crippen molar-refractivity contribution in [2.75, 3.05) is 11.9 Å². The van der Waals surface area contributed by atoms with Gasteiger partial charge in [-0.2, -0.15) is 5.26 Å². The number of rotatable bonds is 5. The topological polar surface area (TPSA) is 133 Å². The number of amides is 1. The maximum absolute atomic E-state index is 11.6. The van der Waals surface area contributed by atoms with Crippen LogP contribution in [-0.4, -0.2) is 32.6 Å². The second-order valence-corrected chi connectivity index (χ2v) is 8.13. The summed E-state index contributed by atoms with van der Waals surface area (Å²) in [5.41, 5.74) is 7.72. The summed E-state index contributed by atoms with van der Waals surface area (Å²) in [5.74, 6) is 0.462. The maximum atomic E-state index is 11.6. The highest BCUT2D eigenvalue weighted by molar-refractivity contribution is 7.19. The van der Waals surface area contributed by atoms with Gasteiger partial charge in [0.05, 0.1) is 21.9 Å². The number of nitrogens with one attached hydrogen (secondary N) is 2. The number of thiophene rings is 1. The van der Waals surface area contributed by atoms with Gasteiger partial charge in [0.15, 0.2) is 5.82 Å². The van der Waals surface area contributed by atoms with Crippen molar-refractivity contribution in [2.45, 2.75) is 0 Å². The van der Waals surface area contributed by atoms with E-state index in [2.05, 4.69) is 31.6 Å². The van der Waals surface area contributed by atoms with Crippen molar-refractivity contribution in [3.05, 3.63) is 58.5 Å². The average molecular weight is 470 g/mol. The number of nitrogens with zero attached hydrogens (tertiary/aromatic N) is 4. The van der Waals surface area contributed by atoms with Gasteiger partial charge in [-0.3, -0.25) is 4.79 Å². The van der Waals surface area contributed by atoms with E-state index in [0.29, 0.717) is 53.7 Å². The van der Waals surface area contributed by atoms with Crippen molar-refractivity contribution in [1.29, 1.82) is 5.26 Å². The van der Waals surface area contributed by atoms with Crippen molar-refractivity contribution < 1.29 is 4.79 Å². The zero-order chi connectivity index (χ0) is 22.0. The van der Waals surface area contributed by atoms with E-state index in [0.717, 1.165) is 0 Å². The van der Waals surface area contributed by atoms with Crippen molar-refractivity contribution >= 4 is 46.3 Å². The molecule has 11 heteroatoms. The van der Waals surface area contributed by atoms with Crippen LogP contribution in [-0.2, 0) is 4.79 Å². The smallest absolute Gasteiger partial charge is 0.239 e. The number of benzene rings is 1. The number of hydrogen-bond donors (Lipinski definition) is 3. The first kappa shape index (κ1) is 21.0. The van der Waals surface area contributed by atoms with Gasteiger partial charge >= 0.3 is 0 Å². The number of anilines is 1. The van der Waals surface area contributed by atoms with Crippen molar-refractivity contribution in [2.24, 2.45) is 5.73 Å². The van der Waals surface area contributed by atoms with Gasteiger partial charge in [-0.25, -0.2) is 4.98 Å². The van der Waals surface area contributed by atoms with E-state index in [1.807, 2.05) is 0 Å². The van der Waals surface area contributed by atoms with Crippen molar-refractivity contribution in [1.82, 2.24) is 20.2 Å². The Bertz CT molecular complexity index is 1310. The zero-order valence-corrected chi connectivity index (χ0v) is 18.0. The number of carbonyl (C=O) groups excluding carboxylic acids is 1. The lowest BCUT2D eigenvalue weighted by Crippen LogP contribution is -2.22. The summed E-state index contributed by atoms with van der Waals surface area (Å²) in [6.45, 7) is -0.163. The molecule has 0 bridgehead atoms. The maximum Gasteiger partial charge on any atom is 0.239 e. The minimum absolute atomic E-state index is 0.163. The molecule has 1 aromatic carbocycles. The second kappa shape index (κ2) is 8.83. The molecule has 0 aliphatic heterocycles. The van der Waals surface area contributed by atoms with Gasteiger partial charge in [0.2, 0.25) is 5.91 Å². The molecule has 31 heavy (non-hydrogen) atoms. The Balaban J connectivity index is 1.94. The first-order valence-electron chi connectivity index (χ1n) is 8.87. The van der Waals surface area contributed by atoms with Crippen LogP contribution in [0.5, 0.6) is 0 Å². The van der Waals surface area contributed by atoms with Crippen LogP contribution < -0.4 is 11.1 Å². The summed E-state index contributed by atoms with van der Waals surface area (Å²) in [6.07, 6.45) is 3.01. The molecule has 0 fully saturated rings. The summed E-state index contributed by atoms with van der Waals surface area (Å²) in [6, 6.07) is 10.8. The molecule has 0 unspecified atom stereocenters. The largest absolute Gasteiger partial charge is 0.327 e. The third kappa shape index (κ3) is 4.15. The third-order valence-electron chi connectivity index (χ3n) is 4.33. The number of nitriles is 1. The molecule has 0 aliphatic carbocycles. The lowest BCUT2D eigenvalue weighted by Gasteiger charge is -2.07. The highest BCUT2D eigenvalue weighted by Crippen LogP contribution is 2.48. The summed E-state index contributed by atoms with van der Waals surface area (Å²) < 4.78 is 0. The second-order valence-electron chi connectivity index (χ2n) is 6.27. The fourth-order valence-electron chi connectivity index (χ4n) is 3.01. The fraction of sp³-hybridized carbons (Fsp3) is 0.0500. The van der Waals surface area contributed by atoms with Crippen LogP contribution in [0.4, 0.5) is 5.82 Å². The van der Waals surface area contributed by atoms with E-state index in [4.69, 9.17) is 28.9 Å². The average Bonchev–Trinajstić information content (AvgIpc) is 3.41. The molecule has 4 N–H and O–H groups in total. The van der Waals surface area contributed by atoms with Gasteiger partial charge < -0.3 is 16.0 Å². The van der Waals surface area contributed by atoms with Crippen LogP contribution in [0.15, 0.2) is 42.9 Å². The molecule has 0 saturated carbocycles. The first-order chi connectivity index (χ1) is 15.0. The molecule has 3 heterocycles. The minimum Gasteiger partial charge on any atom is -0.327 e. The quantitative estimate of drug-likeness (QED) is 0.397. The van der Waals surface area contributed by atoms with Crippen molar-refractivity contribution in [3.63, 3.8) is 0 Å². The van der Waals surface area contributed by atoms with Crippen LogP contribution >= 0.6 is 34.5 Å². The third-order valence-corrected chi connectivity index (χ3v) is 6.12. The molecule has 0 saturated heterocycles. The molecule has 3 aromatic heterocycles. The van der Waals surface area contributed by atoms with Gasteiger partial charge in [0.1, 0.15) is 18.2 Å². The van der Waals surface area contributed by atoms with Crippen LogP contribution in [0.2, 0.25) is 10.0 Å². The lowest BCUT2D eigenvalue weighted by atomic mass is 9.98. The Labute approximate surface area is 190 Å². The minimum atomic E-state index is -0.368. The zero-order valence-electron chi connectivity index (χ0n) is 15.7. The van der Waals surface area contributed by atoms with E-state index < -0.39 is 0 Å².